The fraction of sp³-hybridized carbons (Fsp3) is 0.438. The number of carbonyl (C=O) groups is 4. The Morgan fingerprint density at radius 2 is 1.59 bits per heavy atom. The van der Waals surface area contributed by atoms with Gasteiger partial charge in [-0.1, -0.05) is 42.5 Å². The Morgan fingerprint density at radius 1 is 0.810 bits per heavy atom. The third-order valence-corrected chi connectivity index (χ3v) is 13.2. The van der Waals surface area contributed by atoms with E-state index in [9.17, 15) is 19.2 Å². The first kappa shape index (κ1) is 42.0. The smallest absolute Gasteiger partial charge is 0.257 e. The molecule has 3 aromatic carbocycles. The summed E-state index contributed by atoms with van der Waals surface area (Å²) in [6.07, 6.45) is 10.8. The highest BCUT2D eigenvalue weighted by molar-refractivity contribution is 6.01. The van der Waals surface area contributed by atoms with Crippen LogP contribution in [-0.2, 0) is 25.6 Å². The van der Waals surface area contributed by atoms with Crippen molar-refractivity contribution in [1.29, 1.82) is 0 Å². The number of fused-ring (bicyclic) bond motifs is 1. The number of anilines is 3. The van der Waals surface area contributed by atoms with E-state index in [1.54, 1.807) is 18.5 Å². The quantitative estimate of drug-likeness (QED) is 0.101. The third kappa shape index (κ3) is 10.5. The molecule has 2 aliphatic heterocycles. The van der Waals surface area contributed by atoms with E-state index in [2.05, 4.69) is 74.9 Å². The molecule has 15 heteroatoms. The summed E-state index contributed by atoms with van der Waals surface area (Å²) < 4.78 is 7.87. The first-order chi connectivity index (χ1) is 30.8. The van der Waals surface area contributed by atoms with E-state index >= 15 is 0 Å². The van der Waals surface area contributed by atoms with Crippen LogP contribution in [0.15, 0.2) is 91.5 Å². The molecule has 4 heterocycles. The average molecular weight is 853 g/mol. The van der Waals surface area contributed by atoms with Gasteiger partial charge in [0.1, 0.15) is 12.1 Å². The van der Waals surface area contributed by atoms with Gasteiger partial charge in [0.05, 0.1) is 18.7 Å². The Morgan fingerprint density at radius 3 is 2.37 bits per heavy atom. The van der Waals surface area contributed by atoms with Crippen molar-refractivity contribution in [1.82, 2.24) is 40.4 Å². The lowest BCUT2D eigenvalue weighted by Crippen LogP contribution is -2.48. The van der Waals surface area contributed by atoms with Crippen LogP contribution in [-0.4, -0.2) is 100.0 Å². The number of carbonyl (C=O) groups excluding carboxylic acids is 4. The van der Waals surface area contributed by atoms with Crippen LogP contribution in [0, 0.1) is 11.8 Å². The molecule has 2 saturated heterocycles. The number of piperidine rings is 1. The molecule has 63 heavy (non-hydrogen) atoms. The number of hydrogen-bond acceptors (Lipinski definition) is 11. The lowest BCUT2D eigenvalue weighted by molar-refractivity contribution is -0.134. The zero-order valence-corrected chi connectivity index (χ0v) is 35.6. The van der Waals surface area contributed by atoms with Gasteiger partial charge in [-0.05, 0) is 104 Å². The van der Waals surface area contributed by atoms with E-state index in [1.807, 2.05) is 48.8 Å². The Bertz CT molecular complexity index is 2390. The predicted octanol–water partition coefficient (Wildman–Crippen LogP) is 5.28. The minimum absolute atomic E-state index is 0.0508. The molecule has 4 N–H and O–H groups in total. The van der Waals surface area contributed by atoms with E-state index < -0.39 is 5.92 Å². The lowest BCUT2D eigenvalue weighted by Gasteiger charge is -2.39. The number of ether oxygens (including phenoxy) is 1. The Labute approximate surface area is 367 Å². The van der Waals surface area contributed by atoms with Gasteiger partial charge in [0.25, 0.3) is 5.91 Å². The molecule has 0 bridgehead atoms. The number of benzene rings is 3. The summed E-state index contributed by atoms with van der Waals surface area (Å²) >= 11 is 0. The summed E-state index contributed by atoms with van der Waals surface area (Å²) in [6, 6.07) is 25.9. The molecule has 15 nitrogen and oxygen atoms in total. The summed E-state index contributed by atoms with van der Waals surface area (Å²) in [7, 11) is 0. The topological polar surface area (TPSA) is 176 Å². The molecular formula is C48H56N10O5. The van der Waals surface area contributed by atoms with Gasteiger partial charge < -0.3 is 30.2 Å². The summed E-state index contributed by atoms with van der Waals surface area (Å²) in [6.45, 7) is 5.75. The van der Waals surface area contributed by atoms with Crippen LogP contribution in [0.4, 0.5) is 17.2 Å². The van der Waals surface area contributed by atoms with Crippen LogP contribution in [0.3, 0.4) is 0 Å². The van der Waals surface area contributed by atoms with Crippen molar-refractivity contribution in [3.8, 4) is 5.75 Å². The van der Waals surface area contributed by atoms with Crippen molar-refractivity contribution in [2.75, 3.05) is 56.1 Å². The Hall–Kier alpha value is -6.35. The fourth-order valence-electron chi connectivity index (χ4n) is 9.56. The molecule has 1 unspecified atom stereocenters. The van der Waals surface area contributed by atoms with Crippen LogP contribution in [0.25, 0.3) is 11.2 Å². The summed E-state index contributed by atoms with van der Waals surface area (Å²) in [4.78, 5) is 67.9. The van der Waals surface area contributed by atoms with Gasteiger partial charge >= 0.3 is 0 Å². The van der Waals surface area contributed by atoms with Crippen LogP contribution >= 0.6 is 0 Å². The van der Waals surface area contributed by atoms with E-state index in [0.29, 0.717) is 49.2 Å². The predicted molar refractivity (Wildman–Crippen MR) is 240 cm³/mol. The van der Waals surface area contributed by atoms with Crippen molar-refractivity contribution in [2.45, 2.75) is 75.8 Å². The third-order valence-electron chi connectivity index (χ3n) is 13.2. The van der Waals surface area contributed by atoms with E-state index in [1.165, 1.54) is 18.5 Å². The number of imide groups is 1. The standard InChI is InChI=1S/C48H56N10O5/c59-42-18-17-41(48(62)55-42)35-7-4-8-40(24-35)63-29-44(61)49-27-33-9-11-34(12-10-33)28-56-19-21-57(22-20-56)38-15-13-36(14-16-38)54-46-45-47(51-30-50-46)58(31-52-45)39-25-37(26-39)53-43(60)23-32-5-2-1-3-6-32/h1-8,13-16,24,30-31,33-34,37,39,41H,9-12,17-23,25-29H2,(H,49,61)(H,53,60)(H,50,51,54)(H,55,59,62). The molecule has 1 atom stereocenters. The molecule has 5 aromatic rings. The van der Waals surface area contributed by atoms with E-state index in [4.69, 9.17) is 4.74 Å². The molecule has 0 radical (unpaired) electrons. The summed E-state index contributed by atoms with van der Waals surface area (Å²) in [5, 5.41) is 12.1. The SMILES string of the molecule is O=C(COc1cccc(C2CCC(=O)NC2=O)c1)NCC1CCC(CN2CCN(c3ccc(Nc4ncnc5c4ncn5C4CC(NC(=O)Cc5ccccc5)C4)cc3)CC2)CC1. The molecule has 4 aliphatic rings. The molecule has 0 spiro atoms. The number of nitrogens with one attached hydrogen (secondary N) is 4. The zero-order valence-electron chi connectivity index (χ0n) is 35.6. The highest BCUT2D eigenvalue weighted by Crippen LogP contribution is 2.36. The lowest BCUT2D eigenvalue weighted by atomic mass is 9.81. The molecule has 328 valence electrons. The normalized spacial score (nSPS) is 22.8. The van der Waals surface area contributed by atoms with Gasteiger partial charge in [0.15, 0.2) is 23.6 Å². The number of aromatic nitrogens is 4. The van der Waals surface area contributed by atoms with Crippen LogP contribution in [0.1, 0.15) is 74.5 Å². The van der Waals surface area contributed by atoms with Crippen LogP contribution in [0.5, 0.6) is 5.75 Å². The number of amides is 4. The largest absolute Gasteiger partial charge is 0.484 e. The molecule has 4 fully saturated rings. The first-order valence-electron chi connectivity index (χ1n) is 22.5. The van der Waals surface area contributed by atoms with Gasteiger partial charge in [-0.15, -0.1) is 0 Å². The number of nitrogens with zero attached hydrogens (tertiary/aromatic N) is 6. The van der Waals surface area contributed by atoms with E-state index in [0.717, 1.165) is 86.4 Å². The van der Waals surface area contributed by atoms with Crippen molar-refractivity contribution in [3.05, 3.63) is 103 Å². The molecule has 2 aliphatic carbocycles. The molecular weight excluding hydrogens is 797 g/mol. The maximum Gasteiger partial charge on any atom is 0.257 e. The van der Waals surface area contributed by atoms with E-state index in [-0.39, 0.29) is 42.3 Å². The summed E-state index contributed by atoms with van der Waals surface area (Å²) in [5.74, 6) is 1.34. The second-order valence-electron chi connectivity index (χ2n) is 17.6. The first-order valence-corrected chi connectivity index (χ1v) is 22.5. The van der Waals surface area contributed by atoms with Gasteiger partial charge in [-0.3, -0.25) is 29.4 Å². The van der Waals surface area contributed by atoms with Gasteiger partial charge in [-0.2, -0.15) is 0 Å². The van der Waals surface area contributed by atoms with Crippen molar-refractivity contribution >= 4 is 52.0 Å². The molecule has 9 rings (SSSR count). The molecule has 2 aromatic heterocycles. The summed E-state index contributed by atoms with van der Waals surface area (Å²) in [5.41, 5.74) is 5.46. The maximum absolute atomic E-state index is 12.6. The fourth-order valence-corrected chi connectivity index (χ4v) is 9.56. The maximum atomic E-state index is 12.6. The number of piperazine rings is 1. The van der Waals surface area contributed by atoms with Crippen LogP contribution < -0.4 is 30.9 Å². The van der Waals surface area contributed by atoms with Gasteiger partial charge in [-0.25, -0.2) is 15.0 Å². The van der Waals surface area contributed by atoms with Crippen molar-refractivity contribution in [2.24, 2.45) is 11.8 Å². The molecule has 4 amide bonds. The average Bonchev–Trinajstić information content (AvgIpc) is 3.72. The van der Waals surface area contributed by atoms with Crippen molar-refractivity contribution < 1.29 is 23.9 Å². The van der Waals surface area contributed by atoms with Crippen molar-refractivity contribution in [3.63, 3.8) is 0 Å². The van der Waals surface area contributed by atoms with Crippen LogP contribution in [0.2, 0.25) is 0 Å². The minimum atomic E-state index is -0.390. The number of imidazole rings is 1. The second kappa shape index (κ2) is 19.4. The van der Waals surface area contributed by atoms with Gasteiger partial charge in [0.2, 0.25) is 17.7 Å². The Kier molecular flexibility index (Phi) is 12.9. The zero-order chi connectivity index (χ0) is 43.1. The Balaban J connectivity index is 0.665. The number of rotatable bonds is 15. The minimum Gasteiger partial charge on any atom is -0.484 e. The second-order valence-corrected chi connectivity index (χ2v) is 17.6. The highest BCUT2D eigenvalue weighted by Gasteiger charge is 2.33. The van der Waals surface area contributed by atoms with Gasteiger partial charge in [0, 0.05) is 69.1 Å². The molecule has 2 saturated carbocycles. The monoisotopic (exact) mass is 852 g/mol. The highest BCUT2D eigenvalue weighted by atomic mass is 16.5. The number of hydrogen-bond donors (Lipinski definition) is 4.